The van der Waals surface area contributed by atoms with Crippen molar-refractivity contribution in [3.05, 3.63) is 60.2 Å². The second kappa shape index (κ2) is 8.59. The van der Waals surface area contributed by atoms with Crippen LogP contribution in [-0.4, -0.2) is 48.3 Å². The summed E-state index contributed by atoms with van der Waals surface area (Å²) in [6.45, 7) is 1.54. The van der Waals surface area contributed by atoms with Crippen LogP contribution in [0.5, 0.6) is 0 Å². The third-order valence-electron chi connectivity index (χ3n) is 5.65. The van der Waals surface area contributed by atoms with Crippen molar-refractivity contribution in [1.29, 1.82) is 0 Å². The number of benzene rings is 2. The first kappa shape index (κ1) is 20.6. The summed E-state index contributed by atoms with van der Waals surface area (Å²) in [4.78, 5) is 52.5. The van der Waals surface area contributed by atoms with Gasteiger partial charge in [-0.2, -0.15) is 0 Å². The molecule has 2 atom stereocenters. The maximum Gasteiger partial charge on any atom is 0.311 e. The number of nitrogens with zero attached hydrogens (tertiary/aromatic N) is 2. The van der Waals surface area contributed by atoms with Crippen LogP contribution in [0.3, 0.4) is 0 Å². The van der Waals surface area contributed by atoms with Crippen molar-refractivity contribution in [1.82, 2.24) is 4.90 Å². The molecule has 1 saturated heterocycles. The van der Waals surface area contributed by atoms with Crippen molar-refractivity contribution >= 4 is 35.1 Å². The van der Waals surface area contributed by atoms with Crippen LogP contribution >= 0.6 is 0 Å². The fourth-order valence-corrected chi connectivity index (χ4v) is 3.96. The van der Waals surface area contributed by atoms with Crippen molar-refractivity contribution < 1.29 is 23.9 Å². The number of hydrogen-bond donors (Lipinski definition) is 1. The number of carbonyl (C=O) groups excluding carboxylic acids is 4. The smallest absolute Gasteiger partial charge is 0.311 e. The van der Waals surface area contributed by atoms with Crippen LogP contribution in [0.2, 0.25) is 0 Å². The minimum Gasteiger partial charge on any atom is -0.455 e. The van der Waals surface area contributed by atoms with Crippen molar-refractivity contribution in [2.75, 3.05) is 29.9 Å². The van der Waals surface area contributed by atoms with Crippen LogP contribution in [0.1, 0.15) is 24.9 Å². The molecule has 0 bridgehead atoms. The van der Waals surface area contributed by atoms with E-state index in [0.717, 1.165) is 5.56 Å². The van der Waals surface area contributed by atoms with E-state index in [-0.39, 0.29) is 37.4 Å². The predicted molar refractivity (Wildman–Crippen MR) is 113 cm³/mol. The molecule has 1 fully saturated rings. The van der Waals surface area contributed by atoms with Crippen LogP contribution in [-0.2, 0) is 23.9 Å². The van der Waals surface area contributed by atoms with Gasteiger partial charge in [-0.15, -0.1) is 0 Å². The third-order valence-corrected chi connectivity index (χ3v) is 5.65. The highest BCUT2D eigenvalue weighted by Crippen LogP contribution is 2.30. The van der Waals surface area contributed by atoms with Crippen molar-refractivity contribution in [2.45, 2.75) is 19.4 Å². The molecule has 2 aliphatic rings. The zero-order valence-corrected chi connectivity index (χ0v) is 17.1. The molecule has 0 aliphatic carbocycles. The lowest BCUT2D eigenvalue weighted by molar-refractivity contribution is -0.151. The maximum absolute atomic E-state index is 12.6. The Labute approximate surface area is 179 Å². The van der Waals surface area contributed by atoms with Gasteiger partial charge < -0.3 is 15.0 Å². The molecule has 31 heavy (non-hydrogen) atoms. The molecule has 0 aromatic heterocycles. The molecule has 3 amide bonds. The summed E-state index contributed by atoms with van der Waals surface area (Å²) in [7, 11) is 0. The second-order valence-electron chi connectivity index (χ2n) is 7.69. The van der Waals surface area contributed by atoms with Gasteiger partial charge in [-0.25, -0.2) is 0 Å². The van der Waals surface area contributed by atoms with E-state index in [0.29, 0.717) is 11.4 Å². The highest BCUT2D eigenvalue weighted by atomic mass is 16.5. The quantitative estimate of drug-likeness (QED) is 0.746. The van der Waals surface area contributed by atoms with Crippen molar-refractivity contribution in [3.8, 4) is 0 Å². The SMILES string of the molecule is C[C@H](c1ccccc1)N1C[C@@H](C(=O)OCC(=O)N2CC(=O)Nc3ccccc32)CC1=O. The number of hydrogen-bond acceptors (Lipinski definition) is 5. The lowest BCUT2D eigenvalue weighted by atomic mass is 10.1. The molecule has 8 nitrogen and oxygen atoms in total. The first-order chi connectivity index (χ1) is 14.9. The topological polar surface area (TPSA) is 96.0 Å². The third kappa shape index (κ3) is 4.28. The summed E-state index contributed by atoms with van der Waals surface area (Å²) in [6.07, 6.45) is 0.0547. The minimum absolute atomic E-state index is 0.0547. The van der Waals surface area contributed by atoms with Gasteiger partial charge in [0.05, 0.1) is 23.3 Å². The highest BCUT2D eigenvalue weighted by molar-refractivity contribution is 6.10. The lowest BCUT2D eigenvalue weighted by Crippen LogP contribution is -2.44. The normalized spacial score (nSPS) is 18.9. The van der Waals surface area contributed by atoms with Crippen LogP contribution in [0.4, 0.5) is 11.4 Å². The van der Waals surface area contributed by atoms with Gasteiger partial charge in [0.2, 0.25) is 11.8 Å². The summed E-state index contributed by atoms with van der Waals surface area (Å²) in [5.41, 5.74) is 2.08. The van der Waals surface area contributed by atoms with Gasteiger partial charge in [0.25, 0.3) is 5.91 Å². The number of fused-ring (bicyclic) bond motifs is 1. The number of rotatable bonds is 5. The Balaban J connectivity index is 1.36. The molecule has 0 radical (unpaired) electrons. The zero-order valence-electron chi connectivity index (χ0n) is 17.1. The van der Waals surface area contributed by atoms with Gasteiger partial charge in [-0.1, -0.05) is 42.5 Å². The number of amides is 3. The molecule has 0 saturated carbocycles. The Morgan fingerprint density at radius 3 is 2.58 bits per heavy atom. The Morgan fingerprint density at radius 1 is 1.10 bits per heavy atom. The molecule has 4 rings (SSSR count). The van der Waals surface area contributed by atoms with Gasteiger partial charge in [-0.3, -0.25) is 24.1 Å². The van der Waals surface area contributed by atoms with Gasteiger partial charge in [0.1, 0.15) is 6.54 Å². The van der Waals surface area contributed by atoms with E-state index in [2.05, 4.69) is 5.32 Å². The first-order valence-electron chi connectivity index (χ1n) is 10.1. The molecular weight excluding hydrogens is 398 g/mol. The molecule has 0 spiro atoms. The number of likely N-dealkylation sites (tertiary alicyclic amines) is 1. The summed E-state index contributed by atoms with van der Waals surface area (Å²) in [5.74, 6) is -2.13. The molecule has 0 unspecified atom stereocenters. The number of nitrogens with one attached hydrogen (secondary N) is 1. The maximum atomic E-state index is 12.6. The molecule has 2 heterocycles. The van der Waals surface area contributed by atoms with E-state index in [4.69, 9.17) is 4.74 Å². The van der Waals surface area contributed by atoms with Crippen LogP contribution < -0.4 is 10.2 Å². The Kier molecular flexibility index (Phi) is 5.70. The van der Waals surface area contributed by atoms with E-state index in [1.54, 1.807) is 29.2 Å². The lowest BCUT2D eigenvalue weighted by Gasteiger charge is -2.29. The van der Waals surface area contributed by atoms with E-state index in [9.17, 15) is 19.2 Å². The van der Waals surface area contributed by atoms with E-state index >= 15 is 0 Å². The number of carbonyl (C=O) groups is 4. The van der Waals surface area contributed by atoms with Gasteiger partial charge in [0, 0.05) is 13.0 Å². The molecule has 2 aliphatic heterocycles. The highest BCUT2D eigenvalue weighted by Gasteiger charge is 2.38. The zero-order chi connectivity index (χ0) is 22.0. The molecule has 1 N–H and O–H groups in total. The average molecular weight is 421 g/mol. The summed E-state index contributed by atoms with van der Waals surface area (Å²) >= 11 is 0. The molecule has 2 aromatic carbocycles. The van der Waals surface area contributed by atoms with Gasteiger partial charge >= 0.3 is 5.97 Å². The van der Waals surface area contributed by atoms with Crippen molar-refractivity contribution in [2.24, 2.45) is 5.92 Å². The van der Waals surface area contributed by atoms with Crippen LogP contribution in [0.25, 0.3) is 0 Å². The van der Waals surface area contributed by atoms with Gasteiger partial charge in [0.15, 0.2) is 6.61 Å². The molecule has 160 valence electrons. The van der Waals surface area contributed by atoms with Crippen LogP contribution in [0.15, 0.2) is 54.6 Å². The van der Waals surface area contributed by atoms with Gasteiger partial charge in [-0.05, 0) is 24.6 Å². The van der Waals surface area contributed by atoms with Crippen molar-refractivity contribution in [3.63, 3.8) is 0 Å². The largest absolute Gasteiger partial charge is 0.455 e. The van der Waals surface area contributed by atoms with Crippen LogP contribution in [0, 0.1) is 5.92 Å². The number of ether oxygens (including phenoxy) is 1. The number of esters is 1. The van der Waals surface area contributed by atoms with E-state index < -0.39 is 24.4 Å². The predicted octanol–water partition coefficient (Wildman–Crippen LogP) is 2.12. The summed E-state index contributed by atoms with van der Waals surface area (Å²) in [5, 5.41) is 2.70. The fraction of sp³-hybridized carbons (Fsp3) is 0.304. The standard InChI is InChI=1S/C23H23N3O5/c1-15(16-7-3-2-4-8-16)25-12-17(11-21(25)28)23(30)31-14-22(29)26-13-20(27)24-18-9-5-6-10-19(18)26/h2-10,15,17H,11-14H2,1H3,(H,24,27)/t15-,17+/m1/s1. The minimum atomic E-state index is -0.622. The first-order valence-corrected chi connectivity index (χ1v) is 10.1. The molecule has 2 aromatic rings. The second-order valence-corrected chi connectivity index (χ2v) is 7.69. The summed E-state index contributed by atoms with van der Waals surface area (Å²) < 4.78 is 5.23. The Hall–Kier alpha value is -3.68. The monoisotopic (exact) mass is 421 g/mol. The number of para-hydroxylation sites is 2. The molecular formula is C23H23N3O5. The number of anilines is 2. The fourth-order valence-electron chi connectivity index (χ4n) is 3.96. The van der Waals surface area contributed by atoms with E-state index in [1.165, 1.54) is 4.90 Å². The average Bonchev–Trinajstić information content (AvgIpc) is 3.18. The Bertz CT molecular complexity index is 1020. The summed E-state index contributed by atoms with van der Waals surface area (Å²) in [6, 6.07) is 16.4. The Morgan fingerprint density at radius 2 is 1.81 bits per heavy atom. The van der Waals surface area contributed by atoms with E-state index in [1.807, 2.05) is 37.3 Å². The molecule has 8 heteroatoms.